The molecule has 3 aromatic rings. The fraction of sp³-hybridized carbons (Fsp3) is 0.280. The van der Waals surface area contributed by atoms with Crippen molar-refractivity contribution < 1.29 is 22.5 Å². The normalized spacial score (nSPS) is 15.5. The van der Waals surface area contributed by atoms with E-state index in [1.54, 1.807) is 48.9 Å². The first-order valence-electron chi connectivity index (χ1n) is 11.3. The first kappa shape index (κ1) is 27.1. The third-order valence-electron chi connectivity index (χ3n) is 6.01. The Bertz CT molecular complexity index is 1300. The number of carbonyl (C=O) groups is 1. The SMILES string of the molecule is CN(C)C(=O)c1ccc(-c2cnc(N3CCN([S+](O)c4ccccc4C(F)(F)F)CC3)c(N)c2)cc1Cl. The molecule has 0 radical (unpaired) electrons. The molecule has 4 rings (SSSR count). The minimum absolute atomic E-state index is 0.137. The van der Waals surface area contributed by atoms with Crippen LogP contribution in [0.15, 0.2) is 59.6 Å². The zero-order valence-corrected chi connectivity index (χ0v) is 21.7. The van der Waals surface area contributed by atoms with Crippen LogP contribution in [0.3, 0.4) is 0 Å². The van der Waals surface area contributed by atoms with Gasteiger partial charge in [0.15, 0.2) is 5.82 Å². The lowest BCUT2D eigenvalue weighted by atomic mass is 10.0. The molecule has 0 aliphatic carbocycles. The third-order valence-corrected chi connectivity index (χ3v) is 7.92. The van der Waals surface area contributed by atoms with E-state index in [2.05, 4.69) is 4.98 Å². The molecular formula is C25H26ClF3N5O2S+. The Morgan fingerprint density at radius 3 is 2.35 bits per heavy atom. The molecule has 0 saturated carbocycles. The summed E-state index contributed by atoms with van der Waals surface area (Å²) in [6.07, 6.45) is -2.88. The Hall–Kier alpha value is -2.99. The Morgan fingerprint density at radius 2 is 1.76 bits per heavy atom. The number of alkyl halides is 3. The highest BCUT2D eigenvalue weighted by molar-refractivity contribution is 7.89. The van der Waals surface area contributed by atoms with E-state index in [0.29, 0.717) is 48.3 Å². The van der Waals surface area contributed by atoms with Gasteiger partial charge in [0.1, 0.15) is 5.56 Å². The van der Waals surface area contributed by atoms with Gasteiger partial charge in [0.25, 0.3) is 17.3 Å². The lowest BCUT2D eigenvalue weighted by molar-refractivity contribution is -0.139. The van der Waals surface area contributed by atoms with Gasteiger partial charge in [-0.1, -0.05) is 34.1 Å². The van der Waals surface area contributed by atoms with Crippen LogP contribution in [0.5, 0.6) is 0 Å². The van der Waals surface area contributed by atoms with Gasteiger partial charge in [0.2, 0.25) is 4.90 Å². The van der Waals surface area contributed by atoms with Crippen molar-refractivity contribution in [3.05, 3.63) is 70.9 Å². The van der Waals surface area contributed by atoms with Crippen LogP contribution in [0.2, 0.25) is 5.02 Å². The van der Waals surface area contributed by atoms with Crippen LogP contribution in [0.4, 0.5) is 24.7 Å². The minimum Gasteiger partial charge on any atom is -0.396 e. The lowest BCUT2D eigenvalue weighted by Crippen LogP contribution is -2.49. The number of halogens is 4. The van der Waals surface area contributed by atoms with Gasteiger partial charge in [0.05, 0.1) is 29.4 Å². The molecule has 1 saturated heterocycles. The summed E-state index contributed by atoms with van der Waals surface area (Å²) in [5.41, 5.74) is 7.79. The number of hydrogen-bond acceptors (Lipinski definition) is 6. The van der Waals surface area contributed by atoms with Crippen LogP contribution in [-0.4, -0.2) is 64.9 Å². The number of rotatable bonds is 5. The predicted molar refractivity (Wildman–Crippen MR) is 141 cm³/mol. The highest BCUT2D eigenvalue weighted by Gasteiger charge is 2.43. The molecule has 1 aliphatic rings. The maximum atomic E-state index is 13.4. The second kappa shape index (κ2) is 10.8. The Morgan fingerprint density at radius 1 is 1.08 bits per heavy atom. The molecule has 1 aliphatic heterocycles. The van der Waals surface area contributed by atoms with Crippen molar-refractivity contribution in [3.63, 3.8) is 0 Å². The number of carbonyl (C=O) groups excluding carboxylic acids is 1. The number of anilines is 2. The van der Waals surface area contributed by atoms with Crippen LogP contribution in [0.1, 0.15) is 15.9 Å². The molecule has 2 aromatic carbocycles. The zero-order valence-electron chi connectivity index (χ0n) is 20.2. The van der Waals surface area contributed by atoms with Crippen molar-refractivity contribution >= 4 is 40.4 Å². The maximum absolute atomic E-state index is 13.4. The maximum Gasteiger partial charge on any atom is 0.421 e. The van der Waals surface area contributed by atoms with Gasteiger partial charge in [-0.25, -0.2) is 4.98 Å². The Balaban J connectivity index is 1.46. The number of aromatic nitrogens is 1. The van der Waals surface area contributed by atoms with Gasteiger partial charge in [-0.05, 0) is 35.9 Å². The Kier molecular flexibility index (Phi) is 7.88. The summed E-state index contributed by atoms with van der Waals surface area (Å²) in [5.74, 6) is 0.360. The van der Waals surface area contributed by atoms with Gasteiger partial charge in [-0.15, -0.1) is 0 Å². The first-order chi connectivity index (χ1) is 17.5. The van der Waals surface area contributed by atoms with E-state index in [0.717, 1.165) is 17.2 Å². The van der Waals surface area contributed by atoms with Crippen molar-refractivity contribution in [2.45, 2.75) is 11.1 Å². The summed E-state index contributed by atoms with van der Waals surface area (Å²) < 4.78 is 52.5. The quantitative estimate of drug-likeness (QED) is 0.438. The second-order valence-corrected chi connectivity index (χ2v) is 10.6. The number of piperazine rings is 1. The van der Waals surface area contributed by atoms with E-state index >= 15 is 0 Å². The number of nitrogen functional groups attached to an aromatic ring is 1. The average Bonchev–Trinajstić information content (AvgIpc) is 2.87. The highest BCUT2D eigenvalue weighted by Crippen LogP contribution is 2.36. The molecule has 12 heteroatoms. The summed E-state index contributed by atoms with van der Waals surface area (Å²) in [4.78, 5) is 20.0. The summed E-state index contributed by atoms with van der Waals surface area (Å²) in [6, 6.07) is 12.0. The van der Waals surface area contributed by atoms with Gasteiger partial charge < -0.3 is 15.5 Å². The van der Waals surface area contributed by atoms with Crippen molar-refractivity contribution in [1.82, 2.24) is 14.2 Å². The minimum atomic E-state index is -4.54. The van der Waals surface area contributed by atoms with Crippen LogP contribution in [-0.2, 0) is 17.5 Å². The molecule has 0 bridgehead atoms. The standard InChI is InChI=1S/C25H26ClF3N5O2S/c1-32(2)24(35)18-8-7-16(13-20(18)26)17-14-21(30)23(31-15-17)33-9-11-34(12-10-33)37(36)22-6-4-3-5-19(22)25(27,28)29/h3-8,13-15,36H,9-12,30H2,1-2H3/q+1. The monoisotopic (exact) mass is 552 g/mol. The summed E-state index contributed by atoms with van der Waals surface area (Å²) in [7, 11) is 3.30. The molecule has 2 heterocycles. The van der Waals surface area contributed by atoms with Crippen LogP contribution in [0.25, 0.3) is 11.1 Å². The van der Waals surface area contributed by atoms with Crippen LogP contribution < -0.4 is 10.6 Å². The van der Waals surface area contributed by atoms with E-state index in [9.17, 15) is 22.5 Å². The largest absolute Gasteiger partial charge is 0.421 e. The second-order valence-electron chi connectivity index (χ2n) is 8.71. The number of benzene rings is 2. The summed E-state index contributed by atoms with van der Waals surface area (Å²) in [6.45, 7) is 1.54. The Labute approximate surface area is 220 Å². The van der Waals surface area contributed by atoms with Gasteiger partial charge >= 0.3 is 6.18 Å². The van der Waals surface area contributed by atoms with E-state index in [-0.39, 0.29) is 10.8 Å². The molecule has 37 heavy (non-hydrogen) atoms. The van der Waals surface area contributed by atoms with Crippen molar-refractivity contribution in [2.24, 2.45) is 0 Å². The molecule has 3 N–H and O–H groups in total. The predicted octanol–water partition coefficient (Wildman–Crippen LogP) is 4.89. The third kappa shape index (κ3) is 5.80. The lowest BCUT2D eigenvalue weighted by Gasteiger charge is -2.32. The molecule has 1 unspecified atom stereocenters. The van der Waals surface area contributed by atoms with Gasteiger partial charge in [0, 0.05) is 38.9 Å². The number of nitrogens with two attached hydrogens (primary N) is 1. The molecule has 1 amide bonds. The molecule has 7 nitrogen and oxygen atoms in total. The number of hydrogen-bond donors (Lipinski definition) is 2. The van der Waals surface area contributed by atoms with E-state index in [4.69, 9.17) is 17.3 Å². The number of nitrogens with zero attached hydrogens (tertiary/aromatic N) is 4. The molecule has 1 atom stereocenters. The smallest absolute Gasteiger partial charge is 0.396 e. The van der Waals surface area contributed by atoms with E-state index in [1.807, 2.05) is 4.90 Å². The van der Waals surface area contributed by atoms with E-state index < -0.39 is 23.1 Å². The van der Waals surface area contributed by atoms with Crippen LogP contribution >= 0.6 is 11.6 Å². The highest BCUT2D eigenvalue weighted by atomic mass is 35.5. The summed E-state index contributed by atoms with van der Waals surface area (Å²) >= 11 is 4.64. The molecule has 196 valence electrons. The topological polar surface area (TPSA) is 85.9 Å². The number of pyridine rings is 1. The van der Waals surface area contributed by atoms with Crippen molar-refractivity contribution in [1.29, 1.82) is 0 Å². The van der Waals surface area contributed by atoms with Gasteiger partial charge in [-0.2, -0.15) is 17.7 Å². The first-order valence-corrected chi connectivity index (χ1v) is 12.9. The van der Waals surface area contributed by atoms with E-state index in [1.165, 1.54) is 23.1 Å². The zero-order chi connectivity index (χ0) is 26.9. The number of amides is 1. The molecule has 0 spiro atoms. The average molecular weight is 553 g/mol. The van der Waals surface area contributed by atoms with Crippen LogP contribution in [0, 0.1) is 0 Å². The molecule has 1 aromatic heterocycles. The summed E-state index contributed by atoms with van der Waals surface area (Å²) in [5, 5.41) is 0.321. The molecule has 1 fully saturated rings. The van der Waals surface area contributed by atoms with Crippen molar-refractivity contribution in [2.75, 3.05) is 50.9 Å². The fourth-order valence-electron chi connectivity index (χ4n) is 4.08. The fourth-order valence-corrected chi connectivity index (χ4v) is 5.71. The van der Waals surface area contributed by atoms with Crippen molar-refractivity contribution in [3.8, 4) is 11.1 Å². The van der Waals surface area contributed by atoms with Gasteiger partial charge in [-0.3, -0.25) is 4.79 Å². The molecular weight excluding hydrogens is 527 g/mol.